The summed E-state index contributed by atoms with van der Waals surface area (Å²) in [5.74, 6) is 0. The highest BCUT2D eigenvalue weighted by Gasteiger charge is 2.08. The highest BCUT2D eigenvalue weighted by Crippen LogP contribution is 1.87. The Bertz CT molecular complexity index is 52.4. The van der Waals surface area contributed by atoms with E-state index in [-0.39, 0.29) is 12.6 Å². The second-order valence-electron chi connectivity index (χ2n) is 1.82. The number of nitrogens with one attached hydrogen (secondary N) is 1. The lowest BCUT2D eigenvalue weighted by Gasteiger charge is -2.14. The van der Waals surface area contributed by atoms with Crippen LogP contribution in [0.3, 0.4) is 0 Å². The number of hydrogen-bond acceptors (Lipinski definition) is 3. The normalized spacial score (nSPS) is 18.0. The van der Waals surface area contributed by atoms with Gasteiger partial charge in [-0.25, -0.2) is 0 Å². The lowest BCUT2D eigenvalue weighted by atomic mass is 10.2. The van der Waals surface area contributed by atoms with Gasteiger partial charge in [-0.05, 0) is 14.0 Å². The number of aliphatic hydroxyl groups excluding tert-OH is 2. The van der Waals surface area contributed by atoms with E-state index in [9.17, 15) is 0 Å². The molecule has 2 unspecified atom stereocenters. The fourth-order valence-corrected chi connectivity index (χ4v) is 0.485. The average molecular weight is 119 g/mol. The summed E-state index contributed by atoms with van der Waals surface area (Å²) in [7, 11) is 1.70. The second-order valence-corrected chi connectivity index (χ2v) is 1.82. The van der Waals surface area contributed by atoms with Gasteiger partial charge in [-0.1, -0.05) is 0 Å². The van der Waals surface area contributed by atoms with Crippen LogP contribution in [0, 0.1) is 0 Å². The summed E-state index contributed by atoms with van der Waals surface area (Å²) >= 11 is 0. The lowest BCUT2D eigenvalue weighted by Crippen LogP contribution is -2.38. The van der Waals surface area contributed by atoms with Crippen LogP contribution < -0.4 is 5.32 Å². The molecular formula is C5H13NO2. The molecule has 0 aliphatic carbocycles. The molecule has 3 nitrogen and oxygen atoms in total. The maximum Gasteiger partial charge on any atom is 0.0687 e. The Morgan fingerprint density at radius 2 is 2.12 bits per heavy atom. The van der Waals surface area contributed by atoms with Gasteiger partial charge in [0.15, 0.2) is 0 Å². The van der Waals surface area contributed by atoms with Crippen molar-refractivity contribution >= 4 is 0 Å². The van der Waals surface area contributed by atoms with Crippen molar-refractivity contribution in [1.82, 2.24) is 5.32 Å². The number of likely N-dealkylation sites (N-methyl/N-ethyl adjacent to an activating group) is 1. The van der Waals surface area contributed by atoms with E-state index >= 15 is 0 Å². The molecule has 50 valence electrons. The van der Waals surface area contributed by atoms with Crippen LogP contribution in [-0.4, -0.2) is 36.0 Å². The zero-order valence-electron chi connectivity index (χ0n) is 5.26. The molecule has 0 spiro atoms. The van der Waals surface area contributed by atoms with E-state index < -0.39 is 6.10 Å². The van der Waals surface area contributed by atoms with Gasteiger partial charge in [-0.3, -0.25) is 0 Å². The number of rotatable bonds is 3. The van der Waals surface area contributed by atoms with Crippen LogP contribution in [-0.2, 0) is 0 Å². The SMILES string of the molecule is CNC(CO)C(C)O. The van der Waals surface area contributed by atoms with Crippen molar-refractivity contribution in [2.45, 2.75) is 19.1 Å². The third-order valence-corrected chi connectivity index (χ3v) is 1.15. The van der Waals surface area contributed by atoms with Crippen LogP contribution >= 0.6 is 0 Å². The van der Waals surface area contributed by atoms with Crippen molar-refractivity contribution in [2.24, 2.45) is 0 Å². The summed E-state index contributed by atoms with van der Waals surface area (Å²) in [4.78, 5) is 0. The molecule has 0 fully saturated rings. The minimum absolute atomic E-state index is 0.0197. The minimum atomic E-state index is -0.481. The molecule has 0 amide bonds. The van der Waals surface area contributed by atoms with Gasteiger partial charge in [-0.2, -0.15) is 0 Å². The van der Waals surface area contributed by atoms with Crippen LogP contribution in [0.2, 0.25) is 0 Å². The second kappa shape index (κ2) is 3.83. The van der Waals surface area contributed by atoms with Crippen molar-refractivity contribution in [1.29, 1.82) is 0 Å². The molecule has 0 aliphatic heterocycles. The van der Waals surface area contributed by atoms with Gasteiger partial charge in [0.1, 0.15) is 0 Å². The molecule has 0 aromatic rings. The molecule has 0 aromatic carbocycles. The molecule has 0 radical (unpaired) electrons. The van der Waals surface area contributed by atoms with E-state index in [0.29, 0.717) is 0 Å². The van der Waals surface area contributed by atoms with Gasteiger partial charge in [0.05, 0.1) is 18.8 Å². The fourth-order valence-electron chi connectivity index (χ4n) is 0.485. The highest BCUT2D eigenvalue weighted by atomic mass is 16.3. The monoisotopic (exact) mass is 119 g/mol. The van der Waals surface area contributed by atoms with Crippen molar-refractivity contribution in [3.05, 3.63) is 0 Å². The maximum atomic E-state index is 8.79. The standard InChI is InChI=1S/C5H13NO2/c1-4(8)5(3-7)6-2/h4-8H,3H2,1-2H3. The van der Waals surface area contributed by atoms with Crippen molar-refractivity contribution in [2.75, 3.05) is 13.7 Å². The molecule has 2 atom stereocenters. The van der Waals surface area contributed by atoms with Crippen LogP contribution in [0.5, 0.6) is 0 Å². The molecule has 0 bridgehead atoms. The number of aliphatic hydroxyl groups is 2. The molecular weight excluding hydrogens is 106 g/mol. The Morgan fingerprint density at radius 1 is 1.62 bits per heavy atom. The summed E-state index contributed by atoms with van der Waals surface area (Å²) in [5.41, 5.74) is 0. The molecule has 0 saturated carbocycles. The minimum Gasteiger partial charge on any atom is -0.395 e. The van der Waals surface area contributed by atoms with Crippen molar-refractivity contribution in [3.63, 3.8) is 0 Å². The smallest absolute Gasteiger partial charge is 0.0687 e. The molecule has 0 aromatic heterocycles. The van der Waals surface area contributed by atoms with Crippen molar-refractivity contribution < 1.29 is 10.2 Å². The topological polar surface area (TPSA) is 52.5 Å². The summed E-state index contributed by atoms with van der Waals surface area (Å²) in [6.07, 6.45) is -0.481. The van der Waals surface area contributed by atoms with Crippen LogP contribution in [0.1, 0.15) is 6.92 Å². The first-order valence-electron chi connectivity index (χ1n) is 2.68. The van der Waals surface area contributed by atoms with Crippen molar-refractivity contribution in [3.8, 4) is 0 Å². The van der Waals surface area contributed by atoms with E-state index in [2.05, 4.69) is 5.32 Å². The molecule has 0 saturated heterocycles. The van der Waals surface area contributed by atoms with Gasteiger partial charge >= 0.3 is 0 Å². The Balaban J connectivity index is 3.35. The summed E-state index contributed by atoms with van der Waals surface area (Å²) in [6.45, 7) is 1.62. The quantitative estimate of drug-likeness (QED) is 0.444. The first kappa shape index (κ1) is 7.88. The van der Waals surface area contributed by atoms with E-state index in [1.165, 1.54) is 0 Å². The largest absolute Gasteiger partial charge is 0.395 e. The lowest BCUT2D eigenvalue weighted by molar-refractivity contribution is 0.108. The first-order valence-corrected chi connectivity index (χ1v) is 2.68. The molecule has 3 heteroatoms. The Hall–Kier alpha value is -0.120. The van der Waals surface area contributed by atoms with E-state index in [1.54, 1.807) is 14.0 Å². The maximum absolute atomic E-state index is 8.79. The van der Waals surface area contributed by atoms with Gasteiger partial charge in [0.25, 0.3) is 0 Å². The Labute approximate surface area is 49.3 Å². The Morgan fingerprint density at radius 3 is 2.12 bits per heavy atom. The van der Waals surface area contributed by atoms with Gasteiger partial charge < -0.3 is 15.5 Å². The molecule has 0 heterocycles. The van der Waals surface area contributed by atoms with E-state index in [0.717, 1.165) is 0 Å². The zero-order valence-corrected chi connectivity index (χ0v) is 5.26. The predicted molar refractivity (Wildman–Crippen MR) is 31.6 cm³/mol. The molecule has 0 rings (SSSR count). The third-order valence-electron chi connectivity index (χ3n) is 1.15. The third kappa shape index (κ3) is 2.26. The predicted octanol–water partition coefficient (Wildman–Crippen LogP) is -1.05. The van der Waals surface area contributed by atoms with Gasteiger partial charge in [0.2, 0.25) is 0 Å². The number of hydrogen-bond donors (Lipinski definition) is 3. The van der Waals surface area contributed by atoms with Gasteiger partial charge in [-0.15, -0.1) is 0 Å². The molecule has 8 heavy (non-hydrogen) atoms. The molecule has 0 aliphatic rings. The summed E-state index contributed by atoms with van der Waals surface area (Å²) < 4.78 is 0. The average Bonchev–Trinajstić information content (AvgIpc) is 1.69. The molecule has 3 N–H and O–H groups in total. The Kier molecular flexibility index (Phi) is 3.77. The first-order chi connectivity index (χ1) is 3.72. The zero-order chi connectivity index (χ0) is 6.57. The van der Waals surface area contributed by atoms with Crippen LogP contribution in [0.4, 0.5) is 0 Å². The fraction of sp³-hybridized carbons (Fsp3) is 1.00. The van der Waals surface area contributed by atoms with Crippen LogP contribution in [0.15, 0.2) is 0 Å². The van der Waals surface area contributed by atoms with Gasteiger partial charge in [0, 0.05) is 0 Å². The highest BCUT2D eigenvalue weighted by molar-refractivity contribution is 4.67. The summed E-state index contributed by atoms with van der Waals surface area (Å²) in [5, 5.41) is 20.0. The van der Waals surface area contributed by atoms with E-state index in [4.69, 9.17) is 10.2 Å². The summed E-state index contributed by atoms with van der Waals surface area (Å²) in [6, 6.07) is -0.185. The van der Waals surface area contributed by atoms with Crippen LogP contribution in [0.25, 0.3) is 0 Å². The van der Waals surface area contributed by atoms with E-state index in [1.807, 2.05) is 0 Å².